The summed E-state index contributed by atoms with van der Waals surface area (Å²) >= 11 is 1.60. The molecule has 4 rings (SSSR count). The van der Waals surface area contributed by atoms with Crippen molar-refractivity contribution in [2.24, 2.45) is 0 Å². The lowest BCUT2D eigenvalue weighted by molar-refractivity contribution is 0.0629. The maximum atomic E-state index is 12.7. The summed E-state index contributed by atoms with van der Waals surface area (Å²) in [7, 11) is 0. The molecule has 1 fully saturated rings. The van der Waals surface area contributed by atoms with Gasteiger partial charge >= 0.3 is 0 Å². The molecular formula is C21H22N6O2S. The van der Waals surface area contributed by atoms with E-state index in [1.165, 1.54) is 0 Å². The minimum Gasteiger partial charge on any atom is -0.339 e. The molecule has 1 aliphatic rings. The lowest BCUT2D eigenvalue weighted by Gasteiger charge is -2.34. The largest absolute Gasteiger partial charge is 0.339 e. The maximum Gasteiger partial charge on any atom is 0.272 e. The van der Waals surface area contributed by atoms with Crippen molar-refractivity contribution in [2.45, 2.75) is 19.8 Å². The molecule has 1 aliphatic heterocycles. The summed E-state index contributed by atoms with van der Waals surface area (Å²) in [4.78, 5) is 26.6. The molecule has 0 atom stereocenters. The minimum absolute atomic E-state index is 0.0748. The molecule has 0 bridgehead atoms. The third kappa shape index (κ3) is 4.56. The number of aryl methyl sites for hydroxylation is 2. The molecule has 3 aromatic rings. The van der Waals surface area contributed by atoms with E-state index >= 15 is 0 Å². The van der Waals surface area contributed by atoms with Gasteiger partial charge in [-0.2, -0.15) is 10.2 Å². The quantitative estimate of drug-likeness (QED) is 0.602. The number of carbonyl (C=O) groups excluding carboxylic acids is 1. The highest BCUT2D eigenvalue weighted by molar-refractivity contribution is 7.13. The van der Waals surface area contributed by atoms with E-state index in [1.54, 1.807) is 30.4 Å². The van der Waals surface area contributed by atoms with E-state index in [0.29, 0.717) is 41.8 Å². The van der Waals surface area contributed by atoms with Gasteiger partial charge in [-0.1, -0.05) is 11.2 Å². The number of hydrogen-bond donors (Lipinski definition) is 0. The van der Waals surface area contributed by atoms with Gasteiger partial charge in [0.15, 0.2) is 0 Å². The van der Waals surface area contributed by atoms with Gasteiger partial charge in [0.2, 0.25) is 11.7 Å². The van der Waals surface area contributed by atoms with Gasteiger partial charge in [-0.15, -0.1) is 11.3 Å². The molecule has 0 saturated carbocycles. The Labute approximate surface area is 178 Å². The predicted molar refractivity (Wildman–Crippen MR) is 112 cm³/mol. The molecule has 1 amide bonds. The van der Waals surface area contributed by atoms with E-state index in [2.05, 4.69) is 26.1 Å². The average Bonchev–Trinajstić information content (AvgIpc) is 3.46. The van der Waals surface area contributed by atoms with Gasteiger partial charge in [0.25, 0.3) is 5.91 Å². The predicted octanol–water partition coefficient (Wildman–Crippen LogP) is 2.76. The highest BCUT2D eigenvalue weighted by Gasteiger charge is 2.23. The van der Waals surface area contributed by atoms with Crippen LogP contribution in [0, 0.1) is 18.3 Å². The molecule has 9 heteroatoms. The third-order valence-corrected chi connectivity index (χ3v) is 6.03. The van der Waals surface area contributed by atoms with E-state index in [0.717, 1.165) is 37.4 Å². The third-order valence-electron chi connectivity index (χ3n) is 5.16. The number of piperazine rings is 1. The van der Waals surface area contributed by atoms with Crippen LogP contribution in [0.3, 0.4) is 0 Å². The molecule has 0 spiro atoms. The summed E-state index contributed by atoms with van der Waals surface area (Å²) in [5, 5.41) is 15.0. The lowest BCUT2D eigenvalue weighted by atomic mass is 10.2. The number of rotatable bonds is 6. The first-order valence-electron chi connectivity index (χ1n) is 9.90. The number of carbonyl (C=O) groups is 1. The Bertz CT molecular complexity index is 1050. The van der Waals surface area contributed by atoms with Crippen molar-refractivity contribution in [1.29, 1.82) is 5.26 Å². The Hall–Kier alpha value is -3.09. The normalized spacial score (nSPS) is 14.6. The second kappa shape index (κ2) is 9.15. The molecule has 1 saturated heterocycles. The summed E-state index contributed by atoms with van der Waals surface area (Å²) in [6.45, 7) is 5.66. The molecule has 0 aliphatic carbocycles. The molecule has 0 unspecified atom stereocenters. The van der Waals surface area contributed by atoms with Crippen molar-refractivity contribution < 1.29 is 9.32 Å². The summed E-state index contributed by atoms with van der Waals surface area (Å²) in [5.74, 6) is 1.24. The standard InChI is InChI=1S/C21H22N6O2S/c1-15-16(14-22)6-7-17(23-15)21(28)27-11-9-26(10-12-27)8-2-5-19-24-20(25-29-19)18-4-3-13-30-18/h3-4,6-7,13H,2,5,8-12H2,1H3. The van der Waals surface area contributed by atoms with Crippen molar-refractivity contribution in [3.63, 3.8) is 0 Å². The van der Waals surface area contributed by atoms with Crippen molar-refractivity contribution in [2.75, 3.05) is 32.7 Å². The molecule has 8 nitrogen and oxygen atoms in total. The van der Waals surface area contributed by atoms with Gasteiger partial charge in [-0.25, -0.2) is 4.98 Å². The van der Waals surface area contributed by atoms with Crippen LogP contribution < -0.4 is 0 Å². The van der Waals surface area contributed by atoms with Crippen LogP contribution in [0.2, 0.25) is 0 Å². The minimum atomic E-state index is -0.0748. The van der Waals surface area contributed by atoms with Crippen molar-refractivity contribution in [3.05, 3.63) is 52.5 Å². The number of thiophene rings is 1. The molecular weight excluding hydrogens is 400 g/mol. The van der Waals surface area contributed by atoms with Gasteiger partial charge in [0.05, 0.1) is 16.1 Å². The summed E-state index contributed by atoms with van der Waals surface area (Å²) in [6, 6.07) is 9.32. The average molecular weight is 423 g/mol. The summed E-state index contributed by atoms with van der Waals surface area (Å²) in [6.07, 6.45) is 1.67. The first kappa shape index (κ1) is 20.2. The van der Waals surface area contributed by atoms with Gasteiger partial charge in [0, 0.05) is 32.6 Å². The van der Waals surface area contributed by atoms with Crippen molar-refractivity contribution >= 4 is 17.2 Å². The number of nitriles is 1. The summed E-state index contributed by atoms with van der Waals surface area (Å²) < 4.78 is 5.35. The van der Waals surface area contributed by atoms with E-state index < -0.39 is 0 Å². The molecule has 154 valence electrons. The number of hydrogen-bond acceptors (Lipinski definition) is 8. The Morgan fingerprint density at radius 3 is 2.77 bits per heavy atom. The van der Waals surface area contributed by atoms with Gasteiger partial charge in [-0.05, 0) is 43.5 Å². The van der Waals surface area contributed by atoms with Crippen LogP contribution in [0.5, 0.6) is 0 Å². The van der Waals surface area contributed by atoms with Crippen LogP contribution >= 0.6 is 11.3 Å². The first-order valence-corrected chi connectivity index (χ1v) is 10.8. The molecule has 0 N–H and O–H groups in total. The highest BCUT2D eigenvalue weighted by Crippen LogP contribution is 2.21. The van der Waals surface area contributed by atoms with Gasteiger partial charge in [-0.3, -0.25) is 9.69 Å². The Kier molecular flexibility index (Phi) is 6.16. The molecule has 0 aromatic carbocycles. The van der Waals surface area contributed by atoms with E-state index in [9.17, 15) is 4.79 Å². The van der Waals surface area contributed by atoms with E-state index in [1.807, 2.05) is 22.4 Å². The zero-order valence-electron chi connectivity index (χ0n) is 16.7. The van der Waals surface area contributed by atoms with Crippen LogP contribution in [-0.2, 0) is 6.42 Å². The van der Waals surface area contributed by atoms with Crippen LogP contribution in [0.4, 0.5) is 0 Å². The zero-order chi connectivity index (χ0) is 20.9. The van der Waals surface area contributed by atoms with Crippen molar-refractivity contribution in [3.8, 4) is 16.8 Å². The Balaban J connectivity index is 1.22. The van der Waals surface area contributed by atoms with Crippen LogP contribution in [0.1, 0.15) is 34.1 Å². The number of pyridine rings is 1. The van der Waals surface area contributed by atoms with Crippen LogP contribution in [-0.4, -0.2) is 63.6 Å². The SMILES string of the molecule is Cc1nc(C(=O)N2CCN(CCCc3nc(-c4cccs4)no3)CC2)ccc1C#N. The monoisotopic (exact) mass is 422 g/mol. The molecule has 0 radical (unpaired) electrons. The lowest BCUT2D eigenvalue weighted by Crippen LogP contribution is -2.49. The topological polar surface area (TPSA) is 99.2 Å². The van der Waals surface area contributed by atoms with E-state index in [4.69, 9.17) is 9.78 Å². The molecule has 30 heavy (non-hydrogen) atoms. The number of nitrogens with zero attached hydrogens (tertiary/aromatic N) is 6. The van der Waals surface area contributed by atoms with Crippen LogP contribution in [0.25, 0.3) is 10.7 Å². The van der Waals surface area contributed by atoms with Gasteiger partial charge < -0.3 is 9.42 Å². The Morgan fingerprint density at radius 1 is 1.23 bits per heavy atom. The van der Waals surface area contributed by atoms with E-state index in [-0.39, 0.29) is 5.91 Å². The van der Waals surface area contributed by atoms with Crippen LogP contribution in [0.15, 0.2) is 34.2 Å². The number of aromatic nitrogens is 3. The second-order valence-corrected chi connectivity index (χ2v) is 8.12. The first-order chi connectivity index (χ1) is 14.6. The molecule has 4 heterocycles. The molecule has 3 aromatic heterocycles. The Morgan fingerprint density at radius 2 is 2.07 bits per heavy atom. The fourth-order valence-electron chi connectivity index (χ4n) is 3.45. The maximum absolute atomic E-state index is 12.7. The van der Waals surface area contributed by atoms with Crippen molar-refractivity contribution in [1.82, 2.24) is 24.9 Å². The zero-order valence-corrected chi connectivity index (χ0v) is 17.6. The summed E-state index contributed by atoms with van der Waals surface area (Å²) in [5.41, 5.74) is 1.49. The fourth-order valence-corrected chi connectivity index (χ4v) is 4.10. The smallest absolute Gasteiger partial charge is 0.272 e. The second-order valence-electron chi connectivity index (χ2n) is 7.17. The number of amides is 1. The fraction of sp³-hybridized carbons (Fsp3) is 0.381. The van der Waals surface area contributed by atoms with Gasteiger partial charge in [0.1, 0.15) is 11.8 Å². The highest BCUT2D eigenvalue weighted by atomic mass is 32.1.